The van der Waals surface area contributed by atoms with Gasteiger partial charge in [-0.05, 0) is 24.7 Å². The SMILES string of the molecule is CCCOc1cc(NCC(C)(C)CCCO)ncn1. The predicted octanol–water partition coefficient (Wildman–Crippen LogP) is 2.48. The number of anilines is 1. The second kappa shape index (κ2) is 7.94. The van der Waals surface area contributed by atoms with Gasteiger partial charge in [-0.2, -0.15) is 0 Å². The van der Waals surface area contributed by atoms with E-state index in [0.29, 0.717) is 12.5 Å². The van der Waals surface area contributed by atoms with Crippen LogP contribution in [0.4, 0.5) is 5.82 Å². The lowest BCUT2D eigenvalue weighted by atomic mass is 9.88. The summed E-state index contributed by atoms with van der Waals surface area (Å²) in [5.41, 5.74) is 0.123. The van der Waals surface area contributed by atoms with E-state index in [-0.39, 0.29) is 12.0 Å². The number of aromatic nitrogens is 2. The van der Waals surface area contributed by atoms with E-state index in [4.69, 9.17) is 9.84 Å². The van der Waals surface area contributed by atoms with Gasteiger partial charge in [0.05, 0.1) is 6.61 Å². The van der Waals surface area contributed by atoms with Gasteiger partial charge in [0.2, 0.25) is 5.88 Å². The van der Waals surface area contributed by atoms with Gasteiger partial charge in [0.15, 0.2) is 0 Å². The van der Waals surface area contributed by atoms with Crippen molar-refractivity contribution in [2.24, 2.45) is 5.41 Å². The number of nitrogens with one attached hydrogen (secondary N) is 1. The molecule has 0 aliphatic carbocycles. The van der Waals surface area contributed by atoms with Crippen LogP contribution in [0.5, 0.6) is 5.88 Å². The first-order valence-electron chi connectivity index (χ1n) is 6.87. The molecule has 0 fully saturated rings. The van der Waals surface area contributed by atoms with Gasteiger partial charge in [-0.25, -0.2) is 9.97 Å². The van der Waals surface area contributed by atoms with E-state index in [9.17, 15) is 0 Å². The lowest BCUT2D eigenvalue weighted by Gasteiger charge is -2.24. The summed E-state index contributed by atoms with van der Waals surface area (Å²) in [6, 6.07) is 1.82. The molecule has 0 unspecified atom stereocenters. The van der Waals surface area contributed by atoms with Crippen LogP contribution in [0.2, 0.25) is 0 Å². The zero-order chi connectivity index (χ0) is 14.1. The highest BCUT2D eigenvalue weighted by atomic mass is 16.5. The average molecular weight is 267 g/mol. The molecule has 0 bridgehead atoms. The van der Waals surface area contributed by atoms with E-state index in [1.165, 1.54) is 6.33 Å². The molecule has 1 rings (SSSR count). The second-order valence-electron chi connectivity index (χ2n) is 5.43. The number of aliphatic hydroxyl groups is 1. The highest BCUT2D eigenvalue weighted by Crippen LogP contribution is 2.23. The van der Waals surface area contributed by atoms with Crippen molar-refractivity contribution in [1.29, 1.82) is 0 Å². The maximum Gasteiger partial charge on any atom is 0.218 e. The third kappa shape index (κ3) is 6.38. The Bertz CT molecular complexity index is 369. The van der Waals surface area contributed by atoms with Crippen molar-refractivity contribution >= 4 is 5.82 Å². The Morgan fingerprint density at radius 3 is 2.84 bits per heavy atom. The lowest BCUT2D eigenvalue weighted by Crippen LogP contribution is -2.23. The van der Waals surface area contributed by atoms with Crippen molar-refractivity contribution in [1.82, 2.24) is 9.97 Å². The minimum atomic E-state index is 0.123. The second-order valence-corrected chi connectivity index (χ2v) is 5.43. The fraction of sp³-hybridized carbons (Fsp3) is 0.714. The fourth-order valence-electron chi connectivity index (χ4n) is 1.70. The molecule has 0 atom stereocenters. The summed E-state index contributed by atoms with van der Waals surface area (Å²) in [5.74, 6) is 1.38. The average Bonchev–Trinajstić information content (AvgIpc) is 2.41. The van der Waals surface area contributed by atoms with Crippen LogP contribution < -0.4 is 10.1 Å². The van der Waals surface area contributed by atoms with Crippen molar-refractivity contribution in [3.05, 3.63) is 12.4 Å². The Kier molecular flexibility index (Phi) is 6.56. The Morgan fingerprint density at radius 1 is 1.37 bits per heavy atom. The van der Waals surface area contributed by atoms with E-state index in [0.717, 1.165) is 31.6 Å². The smallest absolute Gasteiger partial charge is 0.218 e. The predicted molar refractivity (Wildman–Crippen MR) is 76.4 cm³/mol. The van der Waals surface area contributed by atoms with E-state index in [1.807, 2.05) is 6.07 Å². The minimum absolute atomic E-state index is 0.123. The number of aliphatic hydroxyl groups excluding tert-OH is 1. The molecule has 108 valence electrons. The molecule has 0 aliphatic rings. The van der Waals surface area contributed by atoms with E-state index >= 15 is 0 Å². The number of ether oxygens (including phenoxy) is 1. The Balaban J connectivity index is 2.48. The molecule has 0 aromatic carbocycles. The molecule has 19 heavy (non-hydrogen) atoms. The first kappa shape index (κ1) is 15.7. The van der Waals surface area contributed by atoms with Gasteiger partial charge in [0.1, 0.15) is 12.1 Å². The van der Waals surface area contributed by atoms with Crippen molar-refractivity contribution in [3.8, 4) is 5.88 Å². The molecule has 0 saturated carbocycles. The van der Waals surface area contributed by atoms with Crippen LogP contribution in [0.25, 0.3) is 0 Å². The summed E-state index contributed by atoms with van der Waals surface area (Å²) >= 11 is 0. The molecule has 0 aliphatic heterocycles. The molecule has 1 aromatic rings. The number of hydrogen-bond acceptors (Lipinski definition) is 5. The largest absolute Gasteiger partial charge is 0.478 e. The van der Waals surface area contributed by atoms with Crippen LogP contribution in [-0.2, 0) is 0 Å². The Labute approximate surface area is 115 Å². The summed E-state index contributed by atoms with van der Waals surface area (Å²) in [4.78, 5) is 8.24. The van der Waals surface area contributed by atoms with Crippen molar-refractivity contribution in [2.45, 2.75) is 40.0 Å². The molecular formula is C14H25N3O2. The quantitative estimate of drug-likeness (QED) is 0.719. The topological polar surface area (TPSA) is 67.3 Å². The van der Waals surface area contributed by atoms with Crippen LogP contribution in [0.3, 0.4) is 0 Å². The molecule has 5 heteroatoms. The van der Waals surface area contributed by atoms with Gasteiger partial charge in [-0.1, -0.05) is 20.8 Å². The van der Waals surface area contributed by atoms with Gasteiger partial charge in [-0.3, -0.25) is 0 Å². The third-order valence-electron chi connectivity index (χ3n) is 2.86. The van der Waals surface area contributed by atoms with Crippen LogP contribution in [-0.4, -0.2) is 34.8 Å². The molecular weight excluding hydrogens is 242 g/mol. The maximum absolute atomic E-state index is 8.88. The van der Waals surface area contributed by atoms with Crippen LogP contribution in [0.15, 0.2) is 12.4 Å². The minimum Gasteiger partial charge on any atom is -0.478 e. The normalized spacial score (nSPS) is 11.4. The molecule has 0 radical (unpaired) electrons. The molecule has 5 nitrogen and oxygen atoms in total. The molecule has 1 heterocycles. The highest BCUT2D eigenvalue weighted by Gasteiger charge is 2.17. The first-order valence-corrected chi connectivity index (χ1v) is 6.87. The molecule has 0 spiro atoms. The molecule has 0 amide bonds. The highest BCUT2D eigenvalue weighted by molar-refractivity contribution is 5.37. The molecule has 2 N–H and O–H groups in total. The number of rotatable bonds is 9. The summed E-state index contributed by atoms with van der Waals surface area (Å²) in [5, 5.41) is 12.2. The first-order chi connectivity index (χ1) is 9.07. The van der Waals surface area contributed by atoms with Gasteiger partial charge in [0, 0.05) is 19.2 Å². The summed E-state index contributed by atoms with van der Waals surface area (Å²) in [6.07, 6.45) is 4.26. The third-order valence-corrected chi connectivity index (χ3v) is 2.86. The molecule has 1 aromatic heterocycles. The molecule has 0 saturated heterocycles. The van der Waals surface area contributed by atoms with Gasteiger partial charge < -0.3 is 15.2 Å². The monoisotopic (exact) mass is 267 g/mol. The standard InChI is InChI=1S/C14H25N3O2/c1-4-8-19-13-9-12(16-11-17-13)15-10-14(2,3)6-5-7-18/h9,11,18H,4-8,10H2,1-3H3,(H,15,16,17). The van der Waals surface area contributed by atoms with E-state index in [1.54, 1.807) is 0 Å². The van der Waals surface area contributed by atoms with E-state index < -0.39 is 0 Å². The van der Waals surface area contributed by atoms with Crippen LogP contribution in [0.1, 0.15) is 40.0 Å². The lowest BCUT2D eigenvalue weighted by molar-refractivity contribution is 0.248. The van der Waals surface area contributed by atoms with Crippen molar-refractivity contribution in [2.75, 3.05) is 25.1 Å². The number of nitrogens with zero attached hydrogens (tertiary/aromatic N) is 2. The zero-order valence-corrected chi connectivity index (χ0v) is 12.1. The summed E-state index contributed by atoms with van der Waals surface area (Å²) in [6.45, 7) is 8.11. The van der Waals surface area contributed by atoms with Crippen LogP contribution >= 0.6 is 0 Å². The fourth-order valence-corrected chi connectivity index (χ4v) is 1.70. The van der Waals surface area contributed by atoms with Gasteiger partial charge in [-0.15, -0.1) is 0 Å². The van der Waals surface area contributed by atoms with Crippen molar-refractivity contribution in [3.63, 3.8) is 0 Å². The Morgan fingerprint density at radius 2 is 2.16 bits per heavy atom. The Hall–Kier alpha value is -1.36. The van der Waals surface area contributed by atoms with Crippen molar-refractivity contribution < 1.29 is 9.84 Å². The maximum atomic E-state index is 8.88. The zero-order valence-electron chi connectivity index (χ0n) is 12.1. The summed E-state index contributed by atoms with van der Waals surface area (Å²) < 4.78 is 5.47. The summed E-state index contributed by atoms with van der Waals surface area (Å²) in [7, 11) is 0. The van der Waals surface area contributed by atoms with Crippen LogP contribution in [0, 0.1) is 5.41 Å². The van der Waals surface area contributed by atoms with Gasteiger partial charge in [0.25, 0.3) is 0 Å². The van der Waals surface area contributed by atoms with E-state index in [2.05, 4.69) is 36.1 Å². The van der Waals surface area contributed by atoms with Gasteiger partial charge >= 0.3 is 0 Å². The number of hydrogen-bond donors (Lipinski definition) is 2.